The van der Waals surface area contributed by atoms with Crippen LogP contribution in [0.2, 0.25) is 15.1 Å². The quantitative estimate of drug-likeness (QED) is 0.849. The molecule has 1 aromatic heterocycles. The molecule has 0 bridgehead atoms. The van der Waals surface area contributed by atoms with Gasteiger partial charge in [-0.05, 0) is 19.1 Å². The fraction of sp³-hybridized carbons (Fsp3) is 0.154. The van der Waals surface area contributed by atoms with Crippen LogP contribution < -0.4 is 5.32 Å². The van der Waals surface area contributed by atoms with Crippen LogP contribution in [0.4, 0.5) is 5.82 Å². The van der Waals surface area contributed by atoms with E-state index in [1.807, 2.05) is 25.1 Å². The molecule has 0 aliphatic heterocycles. The van der Waals surface area contributed by atoms with Gasteiger partial charge in [0.1, 0.15) is 5.82 Å². The van der Waals surface area contributed by atoms with E-state index in [-0.39, 0.29) is 0 Å². The van der Waals surface area contributed by atoms with E-state index in [0.717, 1.165) is 12.1 Å². The highest BCUT2D eigenvalue weighted by molar-refractivity contribution is 6.38. The summed E-state index contributed by atoms with van der Waals surface area (Å²) in [5.74, 6) is 0.610. The number of halogens is 3. The van der Waals surface area contributed by atoms with Gasteiger partial charge in [0, 0.05) is 12.1 Å². The third-order valence-electron chi connectivity index (χ3n) is 2.40. The predicted octanol–water partition coefficient (Wildman–Crippen LogP) is 5.14. The van der Waals surface area contributed by atoms with Crippen LogP contribution in [0.25, 0.3) is 11.3 Å². The standard InChI is InChI=1S/C13H11Cl3N2/c1-2-17-13-11(16)7-10(15)12(18-13)8-5-3-4-6-9(8)14/h3-7H,2H2,1H3,(H,17,18). The third-order valence-corrected chi connectivity index (χ3v) is 3.31. The van der Waals surface area contributed by atoms with Gasteiger partial charge in [0.2, 0.25) is 0 Å². The minimum atomic E-state index is 0.481. The van der Waals surface area contributed by atoms with Crippen LogP contribution in [-0.2, 0) is 0 Å². The number of hydrogen-bond donors (Lipinski definition) is 1. The SMILES string of the molecule is CCNc1nc(-c2ccccc2Cl)c(Cl)cc1Cl. The van der Waals surface area contributed by atoms with Crippen molar-refractivity contribution in [3.63, 3.8) is 0 Å². The van der Waals surface area contributed by atoms with Gasteiger partial charge in [-0.15, -0.1) is 0 Å². The largest absolute Gasteiger partial charge is 0.369 e. The number of pyridine rings is 1. The molecular formula is C13H11Cl3N2. The molecule has 0 unspecified atom stereocenters. The molecule has 2 rings (SSSR count). The summed E-state index contributed by atoms with van der Waals surface area (Å²) in [6.07, 6.45) is 0. The van der Waals surface area contributed by atoms with E-state index in [2.05, 4.69) is 10.3 Å². The summed E-state index contributed by atoms with van der Waals surface area (Å²) in [6, 6.07) is 9.10. The lowest BCUT2D eigenvalue weighted by Gasteiger charge is -2.11. The highest BCUT2D eigenvalue weighted by Crippen LogP contribution is 2.35. The molecule has 0 amide bonds. The van der Waals surface area contributed by atoms with Gasteiger partial charge in [-0.1, -0.05) is 53.0 Å². The molecule has 2 nitrogen and oxygen atoms in total. The number of anilines is 1. The predicted molar refractivity (Wildman–Crippen MR) is 78.9 cm³/mol. The van der Waals surface area contributed by atoms with Gasteiger partial charge in [0.25, 0.3) is 0 Å². The summed E-state index contributed by atoms with van der Waals surface area (Å²) in [5.41, 5.74) is 1.42. The van der Waals surface area contributed by atoms with Crippen molar-refractivity contribution in [2.45, 2.75) is 6.92 Å². The molecule has 0 atom stereocenters. The molecule has 1 N–H and O–H groups in total. The first-order chi connectivity index (χ1) is 8.63. The van der Waals surface area contributed by atoms with Crippen LogP contribution in [0.3, 0.4) is 0 Å². The maximum Gasteiger partial charge on any atom is 0.145 e. The van der Waals surface area contributed by atoms with Gasteiger partial charge in [-0.3, -0.25) is 0 Å². The highest BCUT2D eigenvalue weighted by Gasteiger charge is 2.12. The minimum Gasteiger partial charge on any atom is -0.369 e. The molecule has 0 fully saturated rings. The summed E-state index contributed by atoms with van der Waals surface area (Å²) in [7, 11) is 0. The van der Waals surface area contributed by atoms with Crippen molar-refractivity contribution < 1.29 is 0 Å². The molecule has 5 heteroatoms. The summed E-state index contributed by atoms with van der Waals surface area (Å²) in [4.78, 5) is 4.43. The summed E-state index contributed by atoms with van der Waals surface area (Å²) in [5, 5.41) is 4.67. The van der Waals surface area contributed by atoms with Gasteiger partial charge < -0.3 is 5.32 Å². The molecule has 0 spiro atoms. The lowest BCUT2D eigenvalue weighted by molar-refractivity contribution is 1.16. The lowest BCUT2D eigenvalue weighted by Crippen LogP contribution is -2.01. The Morgan fingerprint density at radius 2 is 1.78 bits per heavy atom. The zero-order chi connectivity index (χ0) is 13.1. The van der Waals surface area contributed by atoms with Crippen molar-refractivity contribution in [2.75, 3.05) is 11.9 Å². The van der Waals surface area contributed by atoms with E-state index in [0.29, 0.717) is 26.6 Å². The Morgan fingerprint density at radius 3 is 2.44 bits per heavy atom. The maximum atomic E-state index is 6.17. The molecular weight excluding hydrogens is 291 g/mol. The zero-order valence-electron chi connectivity index (χ0n) is 9.67. The Bertz CT molecular complexity index is 570. The van der Waals surface area contributed by atoms with Crippen LogP contribution in [0.15, 0.2) is 30.3 Å². The molecule has 1 aromatic carbocycles. The molecule has 0 aliphatic rings. The van der Waals surface area contributed by atoms with Crippen LogP contribution in [0, 0.1) is 0 Å². The Balaban J connectivity index is 2.57. The second-order valence-electron chi connectivity index (χ2n) is 3.66. The number of rotatable bonds is 3. The highest BCUT2D eigenvalue weighted by atomic mass is 35.5. The summed E-state index contributed by atoms with van der Waals surface area (Å²) < 4.78 is 0. The number of nitrogens with zero attached hydrogens (tertiary/aromatic N) is 1. The second kappa shape index (κ2) is 5.79. The van der Waals surface area contributed by atoms with Gasteiger partial charge >= 0.3 is 0 Å². The number of nitrogens with one attached hydrogen (secondary N) is 1. The Morgan fingerprint density at radius 1 is 1.06 bits per heavy atom. The molecule has 94 valence electrons. The van der Waals surface area contributed by atoms with Gasteiger partial charge in [-0.2, -0.15) is 0 Å². The van der Waals surface area contributed by atoms with E-state index in [1.54, 1.807) is 12.1 Å². The molecule has 0 aliphatic carbocycles. The zero-order valence-corrected chi connectivity index (χ0v) is 11.9. The van der Waals surface area contributed by atoms with Gasteiger partial charge in [-0.25, -0.2) is 4.98 Å². The smallest absolute Gasteiger partial charge is 0.145 e. The lowest BCUT2D eigenvalue weighted by atomic mass is 10.1. The Kier molecular flexibility index (Phi) is 4.33. The van der Waals surface area contributed by atoms with Crippen molar-refractivity contribution in [3.8, 4) is 11.3 Å². The summed E-state index contributed by atoms with van der Waals surface area (Å²) >= 11 is 18.4. The van der Waals surface area contributed by atoms with Crippen LogP contribution in [0.5, 0.6) is 0 Å². The van der Waals surface area contributed by atoms with Crippen molar-refractivity contribution in [3.05, 3.63) is 45.4 Å². The monoisotopic (exact) mass is 300 g/mol. The van der Waals surface area contributed by atoms with Crippen molar-refractivity contribution in [1.82, 2.24) is 4.98 Å². The van der Waals surface area contributed by atoms with Crippen LogP contribution >= 0.6 is 34.8 Å². The Labute approximate surface area is 121 Å². The van der Waals surface area contributed by atoms with Gasteiger partial charge in [0.15, 0.2) is 0 Å². The first-order valence-corrected chi connectivity index (χ1v) is 6.61. The Hall–Kier alpha value is -0.960. The number of benzene rings is 1. The minimum absolute atomic E-state index is 0.481. The molecule has 0 saturated carbocycles. The topological polar surface area (TPSA) is 24.9 Å². The van der Waals surface area contributed by atoms with E-state index >= 15 is 0 Å². The fourth-order valence-electron chi connectivity index (χ4n) is 1.60. The summed E-state index contributed by atoms with van der Waals surface area (Å²) in [6.45, 7) is 2.71. The third kappa shape index (κ3) is 2.72. The maximum absolute atomic E-state index is 6.17. The van der Waals surface area contributed by atoms with E-state index in [1.165, 1.54) is 0 Å². The molecule has 1 heterocycles. The number of hydrogen-bond acceptors (Lipinski definition) is 2. The molecule has 0 saturated heterocycles. The normalized spacial score (nSPS) is 10.4. The number of aromatic nitrogens is 1. The average molecular weight is 302 g/mol. The van der Waals surface area contributed by atoms with Crippen molar-refractivity contribution >= 4 is 40.6 Å². The van der Waals surface area contributed by atoms with Crippen molar-refractivity contribution in [1.29, 1.82) is 0 Å². The first kappa shape index (κ1) is 13.5. The van der Waals surface area contributed by atoms with E-state index < -0.39 is 0 Å². The van der Waals surface area contributed by atoms with Crippen LogP contribution in [-0.4, -0.2) is 11.5 Å². The second-order valence-corrected chi connectivity index (χ2v) is 4.88. The van der Waals surface area contributed by atoms with Crippen LogP contribution in [0.1, 0.15) is 6.92 Å². The fourth-order valence-corrected chi connectivity index (χ4v) is 2.35. The molecule has 0 radical (unpaired) electrons. The van der Waals surface area contributed by atoms with E-state index in [9.17, 15) is 0 Å². The van der Waals surface area contributed by atoms with E-state index in [4.69, 9.17) is 34.8 Å². The first-order valence-electron chi connectivity index (χ1n) is 5.48. The average Bonchev–Trinajstić information content (AvgIpc) is 2.34. The molecule has 2 aromatic rings. The van der Waals surface area contributed by atoms with Crippen molar-refractivity contribution in [2.24, 2.45) is 0 Å². The molecule has 18 heavy (non-hydrogen) atoms. The van der Waals surface area contributed by atoms with Gasteiger partial charge in [0.05, 0.1) is 20.8 Å².